The highest BCUT2D eigenvalue weighted by Crippen LogP contribution is 2.46. The number of furan rings is 1. The molecular weight excluding hydrogens is 683 g/mol. The molecule has 0 atom stereocenters. The summed E-state index contributed by atoms with van der Waals surface area (Å²) in [6.45, 7) is 0. The molecule has 0 fully saturated rings. The van der Waals surface area contributed by atoms with Crippen molar-refractivity contribution >= 4 is 109 Å². The van der Waals surface area contributed by atoms with Crippen molar-refractivity contribution in [1.29, 1.82) is 0 Å². The lowest BCUT2D eigenvalue weighted by Crippen LogP contribution is -2.04. The smallest absolute Gasteiger partial charge is 0.165 e. The Morgan fingerprint density at radius 2 is 1.02 bits per heavy atom. The Hall–Kier alpha value is -7.56. The van der Waals surface area contributed by atoms with Gasteiger partial charge in [0.15, 0.2) is 5.82 Å². The van der Waals surface area contributed by atoms with Gasteiger partial charge < -0.3 is 4.42 Å². The minimum atomic E-state index is 0.765. The Balaban J connectivity index is 1.27. The Labute approximate surface area is 319 Å². The van der Waals surface area contributed by atoms with Crippen LogP contribution in [0.2, 0.25) is 0 Å². The molecule has 0 bridgehead atoms. The van der Waals surface area contributed by atoms with E-state index < -0.39 is 0 Å². The van der Waals surface area contributed by atoms with Crippen LogP contribution in [0.3, 0.4) is 0 Å². The molecule has 0 spiro atoms. The summed E-state index contributed by atoms with van der Waals surface area (Å²) < 4.78 is 9.06. The van der Waals surface area contributed by atoms with Crippen LogP contribution >= 0.6 is 0 Å². The van der Waals surface area contributed by atoms with E-state index in [1.165, 1.54) is 53.9 Å². The monoisotopic (exact) mass is 711 g/mol. The maximum atomic E-state index is 6.69. The molecule has 3 aromatic heterocycles. The first-order valence-electron chi connectivity index (χ1n) is 19.1. The molecule has 10 aromatic carbocycles. The van der Waals surface area contributed by atoms with Gasteiger partial charge in [-0.1, -0.05) is 140 Å². The number of fused-ring (bicyclic) bond motifs is 17. The molecule has 0 unspecified atom stereocenters. The Morgan fingerprint density at radius 3 is 1.82 bits per heavy atom. The van der Waals surface area contributed by atoms with E-state index in [0.29, 0.717) is 0 Å². The third-order valence-electron chi connectivity index (χ3n) is 11.9. The summed E-state index contributed by atoms with van der Waals surface area (Å²) >= 11 is 0. The van der Waals surface area contributed by atoms with E-state index in [2.05, 4.69) is 168 Å². The van der Waals surface area contributed by atoms with Gasteiger partial charge >= 0.3 is 0 Å². The first kappa shape index (κ1) is 29.8. The van der Waals surface area contributed by atoms with Gasteiger partial charge in [0.05, 0.1) is 22.1 Å². The summed E-state index contributed by atoms with van der Waals surface area (Å²) in [5, 5.41) is 16.6. The fourth-order valence-corrected chi connectivity index (χ4v) is 9.47. The fourth-order valence-electron chi connectivity index (χ4n) is 9.47. The molecule has 0 aliphatic rings. The molecule has 0 radical (unpaired) electrons. The van der Waals surface area contributed by atoms with E-state index in [4.69, 9.17) is 14.4 Å². The van der Waals surface area contributed by atoms with Crippen molar-refractivity contribution in [1.82, 2.24) is 14.5 Å². The lowest BCUT2D eigenvalue weighted by molar-refractivity contribution is 0.669. The molecule has 0 aliphatic carbocycles. The van der Waals surface area contributed by atoms with Gasteiger partial charge in [-0.2, -0.15) is 0 Å². The highest BCUT2D eigenvalue weighted by molar-refractivity contribution is 6.36. The summed E-state index contributed by atoms with van der Waals surface area (Å²) in [5.41, 5.74) is 7.20. The molecule has 13 aromatic rings. The zero-order chi connectivity index (χ0) is 36.5. The van der Waals surface area contributed by atoms with Crippen molar-refractivity contribution in [2.75, 3.05) is 0 Å². The molecule has 0 N–H and O–H groups in total. The second-order valence-electron chi connectivity index (χ2n) is 14.9. The molecular formula is C52H29N3O. The maximum Gasteiger partial charge on any atom is 0.165 e. The predicted octanol–water partition coefficient (Wildman–Crippen LogP) is 14.1. The highest BCUT2D eigenvalue weighted by Gasteiger charge is 2.25. The molecule has 0 aliphatic heterocycles. The SMILES string of the molecule is c1ccc2cc3c(cc2c1)c1c2c4ccccc4c4ccccc4c2ccc1n3-c1nc2c(ccc3ccccc32)nc1-c1cccc2c1oc1ccccc12. The molecule has 56 heavy (non-hydrogen) atoms. The third-order valence-corrected chi connectivity index (χ3v) is 11.9. The second kappa shape index (κ2) is 11.0. The van der Waals surface area contributed by atoms with Gasteiger partial charge in [0.2, 0.25) is 0 Å². The van der Waals surface area contributed by atoms with Crippen molar-refractivity contribution in [3.8, 4) is 17.1 Å². The molecule has 0 saturated carbocycles. The topological polar surface area (TPSA) is 43.9 Å². The maximum absolute atomic E-state index is 6.69. The van der Waals surface area contributed by atoms with E-state index >= 15 is 0 Å². The summed E-state index contributed by atoms with van der Waals surface area (Å²) in [5.74, 6) is 0.765. The predicted molar refractivity (Wildman–Crippen MR) is 234 cm³/mol. The summed E-state index contributed by atoms with van der Waals surface area (Å²) in [6.07, 6.45) is 0. The number of hydrogen-bond donors (Lipinski definition) is 0. The lowest BCUT2D eigenvalue weighted by Gasteiger charge is -2.16. The number of aromatic nitrogens is 3. The van der Waals surface area contributed by atoms with Crippen LogP contribution in [0.25, 0.3) is 126 Å². The zero-order valence-corrected chi connectivity index (χ0v) is 30.0. The summed E-state index contributed by atoms with van der Waals surface area (Å²) in [6, 6.07) is 63.0. The second-order valence-corrected chi connectivity index (χ2v) is 14.9. The van der Waals surface area contributed by atoms with Gasteiger partial charge in [0.25, 0.3) is 0 Å². The standard InChI is InChI=1S/C52H29N3O/c1-2-14-32-29-45-42(28-31(32)13-1)48-44(27-25-39-36-18-6-5-16-34(36)35-17-7-8-20-38(35)47(39)48)55(45)52-50(53-43-26-24-30-12-3-4-15-33(30)49(43)54-52)41-22-11-21-40-37-19-9-10-23-46(37)56-51(40)41/h1-29H. The molecule has 0 amide bonds. The van der Waals surface area contributed by atoms with Crippen molar-refractivity contribution < 1.29 is 4.42 Å². The van der Waals surface area contributed by atoms with Gasteiger partial charge in [0, 0.05) is 37.9 Å². The van der Waals surface area contributed by atoms with Crippen molar-refractivity contribution in [2.24, 2.45) is 0 Å². The van der Waals surface area contributed by atoms with Crippen LogP contribution in [-0.4, -0.2) is 14.5 Å². The van der Waals surface area contributed by atoms with E-state index in [-0.39, 0.29) is 0 Å². The molecule has 4 nitrogen and oxygen atoms in total. The average molecular weight is 712 g/mol. The fraction of sp³-hybridized carbons (Fsp3) is 0. The van der Waals surface area contributed by atoms with Crippen LogP contribution in [0.1, 0.15) is 0 Å². The van der Waals surface area contributed by atoms with Crippen LogP contribution in [0, 0.1) is 0 Å². The first-order valence-corrected chi connectivity index (χ1v) is 19.1. The third kappa shape index (κ3) is 3.97. The van der Waals surface area contributed by atoms with Crippen LogP contribution in [0.5, 0.6) is 0 Å². The van der Waals surface area contributed by atoms with Gasteiger partial charge in [-0.15, -0.1) is 0 Å². The van der Waals surface area contributed by atoms with Gasteiger partial charge in [-0.3, -0.25) is 4.57 Å². The number of rotatable bonds is 2. The number of para-hydroxylation sites is 2. The van der Waals surface area contributed by atoms with Gasteiger partial charge in [0.1, 0.15) is 16.9 Å². The number of hydrogen-bond acceptors (Lipinski definition) is 3. The Kier molecular flexibility index (Phi) is 5.86. The van der Waals surface area contributed by atoms with Crippen molar-refractivity contribution in [3.05, 3.63) is 176 Å². The number of benzene rings is 10. The molecule has 4 heteroatoms. The van der Waals surface area contributed by atoms with Crippen molar-refractivity contribution in [2.45, 2.75) is 0 Å². The first-order chi connectivity index (χ1) is 27.8. The van der Waals surface area contributed by atoms with Crippen LogP contribution < -0.4 is 0 Å². The largest absolute Gasteiger partial charge is 0.455 e. The molecule has 0 saturated heterocycles. The molecule has 13 rings (SSSR count). The number of nitrogens with zero attached hydrogens (tertiary/aromatic N) is 3. The minimum absolute atomic E-state index is 0.765. The lowest BCUT2D eigenvalue weighted by atomic mass is 9.91. The van der Waals surface area contributed by atoms with E-state index in [9.17, 15) is 0 Å². The van der Waals surface area contributed by atoms with Crippen LogP contribution in [-0.2, 0) is 0 Å². The molecule has 258 valence electrons. The van der Waals surface area contributed by atoms with E-state index in [0.717, 1.165) is 71.9 Å². The zero-order valence-electron chi connectivity index (χ0n) is 30.0. The van der Waals surface area contributed by atoms with E-state index in [1.54, 1.807) is 0 Å². The average Bonchev–Trinajstić information content (AvgIpc) is 3.80. The van der Waals surface area contributed by atoms with Gasteiger partial charge in [-0.05, 0) is 79.5 Å². The van der Waals surface area contributed by atoms with Crippen LogP contribution in [0.15, 0.2) is 180 Å². The van der Waals surface area contributed by atoms with Gasteiger partial charge in [-0.25, -0.2) is 9.97 Å². The quantitative estimate of drug-likeness (QED) is 0.168. The minimum Gasteiger partial charge on any atom is -0.455 e. The highest BCUT2D eigenvalue weighted by atomic mass is 16.3. The normalized spacial score (nSPS) is 12.3. The summed E-state index contributed by atoms with van der Waals surface area (Å²) in [4.78, 5) is 11.3. The van der Waals surface area contributed by atoms with E-state index in [1.807, 2.05) is 12.1 Å². The summed E-state index contributed by atoms with van der Waals surface area (Å²) in [7, 11) is 0. The Morgan fingerprint density at radius 1 is 0.393 bits per heavy atom. The molecule has 3 heterocycles. The van der Waals surface area contributed by atoms with Crippen LogP contribution in [0.4, 0.5) is 0 Å². The van der Waals surface area contributed by atoms with Crippen molar-refractivity contribution in [3.63, 3.8) is 0 Å². The Bertz CT molecular complexity index is 3800.